The minimum absolute atomic E-state index is 0. The van der Waals surface area contributed by atoms with Crippen LogP contribution < -0.4 is 9.03 Å². The Morgan fingerprint density at radius 3 is 2.43 bits per heavy atom. The van der Waals surface area contributed by atoms with Crippen LogP contribution in [0, 0.1) is 0 Å². The van der Waals surface area contributed by atoms with E-state index < -0.39 is 16.1 Å². The summed E-state index contributed by atoms with van der Waals surface area (Å²) in [5.74, 6) is -0.909. The van der Waals surface area contributed by atoms with Crippen molar-refractivity contribution < 1.29 is 23.4 Å². The number of anilines is 1. The molecule has 0 spiro atoms. The smallest absolute Gasteiger partial charge is 0.326 e. The summed E-state index contributed by atoms with van der Waals surface area (Å²) in [6.07, 6.45) is 0. The summed E-state index contributed by atoms with van der Waals surface area (Å²) in [4.78, 5) is 11.2. The number of fused-ring (bicyclic) bond motifs is 1. The molecule has 1 amide bonds. The Kier molecular flexibility index (Phi) is 4.52. The molecule has 1 fully saturated rings. The molecule has 3 N–H and O–H groups in total. The molecule has 0 atom stereocenters. The molecule has 1 aliphatic rings. The molecule has 0 aliphatic carbocycles. The van der Waals surface area contributed by atoms with Gasteiger partial charge in [0.2, 0.25) is 0 Å². The van der Waals surface area contributed by atoms with Crippen molar-refractivity contribution in [3.05, 3.63) is 30.3 Å². The fourth-order valence-electron chi connectivity index (χ4n) is 2.12. The number of carbonyl (C=O) groups is 1. The summed E-state index contributed by atoms with van der Waals surface area (Å²) < 4.78 is 26.2. The molecule has 1 saturated heterocycles. The van der Waals surface area contributed by atoms with E-state index in [0.717, 1.165) is 4.31 Å². The van der Waals surface area contributed by atoms with E-state index in [1.807, 2.05) is 4.72 Å². The van der Waals surface area contributed by atoms with Gasteiger partial charge < -0.3 is 10.2 Å². The molecule has 21 heavy (non-hydrogen) atoms. The summed E-state index contributed by atoms with van der Waals surface area (Å²) in [6, 6.07) is 7.27. The number of hydrogen-bond donors (Lipinski definition) is 3. The number of amides is 1. The fraction of sp³-hybridized carbons (Fsp3) is 0.0833. The van der Waals surface area contributed by atoms with Gasteiger partial charge in [0.15, 0.2) is 0 Å². The van der Waals surface area contributed by atoms with E-state index in [4.69, 9.17) is 0 Å². The molecule has 1 radical (unpaired) electrons. The second-order valence-corrected chi connectivity index (χ2v) is 6.00. The molecule has 0 bridgehead atoms. The van der Waals surface area contributed by atoms with Crippen molar-refractivity contribution in [2.75, 3.05) is 10.8 Å². The Balaban J connectivity index is 0.00000161. The molecule has 0 saturated carbocycles. The zero-order valence-corrected chi connectivity index (χ0v) is 15.0. The van der Waals surface area contributed by atoms with Crippen molar-refractivity contribution in [2.24, 2.45) is 0 Å². The zero-order chi connectivity index (χ0) is 14.5. The maximum absolute atomic E-state index is 11.8. The molecular weight excluding hydrogens is 323 g/mol. The zero-order valence-electron chi connectivity index (χ0n) is 11.1. The van der Waals surface area contributed by atoms with E-state index >= 15 is 0 Å². The first-order valence-electron chi connectivity index (χ1n) is 5.66. The van der Waals surface area contributed by atoms with Crippen molar-refractivity contribution >= 4 is 84.0 Å². The Bertz CT molecular complexity index is 837. The van der Waals surface area contributed by atoms with Gasteiger partial charge in [0.05, 0.1) is 5.69 Å². The maximum Gasteiger partial charge on any atom is 0.326 e. The van der Waals surface area contributed by atoms with Gasteiger partial charge in [-0.1, -0.05) is 6.07 Å². The summed E-state index contributed by atoms with van der Waals surface area (Å²) in [6.45, 7) is -0.376. The SMILES string of the molecule is O=C1CN(c2cc3ccc(O)cc3cc2O)S(=O)(=O)N1.[K]. The van der Waals surface area contributed by atoms with Gasteiger partial charge in [-0.25, -0.2) is 9.03 Å². The van der Waals surface area contributed by atoms with E-state index in [2.05, 4.69) is 0 Å². The molecule has 0 aromatic heterocycles. The molecule has 1 heterocycles. The number of carbonyl (C=O) groups excluding carboxylic acids is 1. The summed E-state index contributed by atoms with van der Waals surface area (Å²) in [5.41, 5.74) is 0.0153. The number of aromatic hydroxyl groups is 2. The van der Waals surface area contributed by atoms with Gasteiger partial charge in [-0.05, 0) is 35.0 Å². The molecular formula is C12H10KN2O5S. The molecule has 7 nitrogen and oxygen atoms in total. The maximum atomic E-state index is 11.8. The van der Waals surface area contributed by atoms with Crippen LogP contribution in [0.1, 0.15) is 0 Å². The molecule has 2 aromatic rings. The van der Waals surface area contributed by atoms with Crippen LogP contribution in [0.5, 0.6) is 11.5 Å². The molecule has 105 valence electrons. The van der Waals surface area contributed by atoms with E-state index in [1.165, 1.54) is 24.3 Å². The second-order valence-electron chi connectivity index (χ2n) is 4.41. The van der Waals surface area contributed by atoms with Crippen molar-refractivity contribution in [2.45, 2.75) is 0 Å². The van der Waals surface area contributed by atoms with Crippen LogP contribution in [-0.4, -0.2) is 82.5 Å². The number of nitrogens with one attached hydrogen (secondary N) is 1. The largest absolute Gasteiger partial charge is 0.508 e. The average molecular weight is 333 g/mol. The Hall–Kier alpha value is -0.844. The third-order valence-corrected chi connectivity index (χ3v) is 4.40. The van der Waals surface area contributed by atoms with Crippen molar-refractivity contribution in [1.82, 2.24) is 4.72 Å². The number of rotatable bonds is 1. The Morgan fingerprint density at radius 2 is 1.81 bits per heavy atom. The van der Waals surface area contributed by atoms with Gasteiger partial charge in [-0.15, -0.1) is 0 Å². The number of nitrogens with zero attached hydrogens (tertiary/aromatic N) is 1. The van der Waals surface area contributed by atoms with Gasteiger partial charge in [-0.3, -0.25) is 4.79 Å². The van der Waals surface area contributed by atoms with Crippen molar-refractivity contribution in [3.63, 3.8) is 0 Å². The first-order chi connectivity index (χ1) is 9.37. The number of phenols is 2. The van der Waals surface area contributed by atoms with Gasteiger partial charge in [0, 0.05) is 51.4 Å². The molecule has 2 aromatic carbocycles. The molecule has 3 rings (SSSR count). The summed E-state index contributed by atoms with van der Waals surface area (Å²) in [7, 11) is -3.96. The van der Waals surface area contributed by atoms with Crippen LogP contribution >= 0.6 is 0 Å². The molecule has 9 heteroatoms. The first-order valence-corrected chi connectivity index (χ1v) is 7.10. The minimum Gasteiger partial charge on any atom is -0.508 e. The Morgan fingerprint density at radius 1 is 1.10 bits per heavy atom. The predicted molar refractivity (Wildman–Crippen MR) is 77.4 cm³/mol. The van der Waals surface area contributed by atoms with E-state index in [0.29, 0.717) is 10.8 Å². The number of phenolic OH excluding ortho intramolecular Hbond substituents is 2. The third kappa shape index (κ3) is 3.03. The monoisotopic (exact) mass is 333 g/mol. The van der Waals surface area contributed by atoms with Crippen molar-refractivity contribution in [3.8, 4) is 11.5 Å². The average Bonchev–Trinajstić information content (AvgIpc) is 2.61. The van der Waals surface area contributed by atoms with Crippen LogP contribution in [0.4, 0.5) is 5.69 Å². The van der Waals surface area contributed by atoms with Crippen molar-refractivity contribution in [1.29, 1.82) is 0 Å². The topological polar surface area (TPSA) is 107 Å². The standard InChI is InChI=1S/C12H10N2O5S.K/c15-9-2-1-7-4-10(11(16)5-8(7)3-9)14-6-12(17)13-20(14,18)19;/h1-5,15-16H,6H2,(H,13,17);. The summed E-state index contributed by atoms with van der Waals surface area (Å²) >= 11 is 0. The number of benzene rings is 2. The molecule has 0 unspecified atom stereocenters. The van der Waals surface area contributed by atoms with Gasteiger partial charge >= 0.3 is 10.2 Å². The van der Waals surface area contributed by atoms with Crippen LogP contribution in [0.15, 0.2) is 30.3 Å². The quantitative estimate of drug-likeness (QED) is 0.639. The Labute approximate surface area is 163 Å². The third-order valence-electron chi connectivity index (χ3n) is 3.01. The molecule has 1 aliphatic heterocycles. The van der Waals surface area contributed by atoms with Gasteiger partial charge in [-0.2, -0.15) is 8.42 Å². The predicted octanol–water partition coefficient (Wildman–Crippen LogP) is 0.0512. The fourth-order valence-corrected chi connectivity index (χ4v) is 3.28. The first kappa shape index (κ1) is 16.5. The van der Waals surface area contributed by atoms with Gasteiger partial charge in [0.1, 0.15) is 18.0 Å². The normalized spacial score (nSPS) is 16.6. The van der Waals surface area contributed by atoms with Crippen LogP contribution in [0.3, 0.4) is 0 Å². The van der Waals surface area contributed by atoms with E-state index in [-0.39, 0.29) is 75.1 Å². The minimum atomic E-state index is -3.96. The van der Waals surface area contributed by atoms with Crippen LogP contribution in [0.25, 0.3) is 10.8 Å². The van der Waals surface area contributed by atoms with Crippen LogP contribution in [0.2, 0.25) is 0 Å². The second kappa shape index (κ2) is 5.74. The number of hydrogen-bond acceptors (Lipinski definition) is 5. The van der Waals surface area contributed by atoms with E-state index in [9.17, 15) is 23.4 Å². The van der Waals surface area contributed by atoms with Gasteiger partial charge in [0.25, 0.3) is 5.91 Å². The summed E-state index contributed by atoms with van der Waals surface area (Å²) in [5, 5.41) is 20.5. The van der Waals surface area contributed by atoms with E-state index in [1.54, 1.807) is 6.07 Å². The van der Waals surface area contributed by atoms with Crippen LogP contribution in [-0.2, 0) is 15.0 Å².